The fourth-order valence-corrected chi connectivity index (χ4v) is 4.50. The summed E-state index contributed by atoms with van der Waals surface area (Å²) in [5.41, 5.74) is 1.34. The molecule has 0 atom stereocenters. The molecule has 1 saturated heterocycles. The minimum absolute atomic E-state index is 0.305. The first-order chi connectivity index (χ1) is 8.50. The van der Waals surface area contributed by atoms with Crippen LogP contribution in [0.5, 0.6) is 0 Å². The van der Waals surface area contributed by atoms with E-state index in [0.717, 1.165) is 13.1 Å². The highest BCUT2D eigenvalue weighted by molar-refractivity contribution is 7.91. The topological polar surface area (TPSA) is 49.4 Å². The van der Waals surface area contributed by atoms with Gasteiger partial charge in [-0.2, -0.15) is 0 Å². The summed E-state index contributed by atoms with van der Waals surface area (Å²) in [6.07, 6.45) is 0. The molecule has 102 valence electrons. The second kappa shape index (κ2) is 5.69. The largest absolute Gasteiger partial charge is 0.315 e. The summed E-state index contributed by atoms with van der Waals surface area (Å²) in [5, 5.41) is 3.16. The maximum Gasteiger partial charge on any atom is 0.152 e. The van der Waals surface area contributed by atoms with E-state index in [1.807, 2.05) is 18.4 Å². The molecule has 1 aromatic heterocycles. The number of nitrogens with one attached hydrogen (secondary N) is 1. The Bertz CT molecular complexity index is 494. The first-order valence-electron chi connectivity index (χ1n) is 6.16. The zero-order valence-electron chi connectivity index (χ0n) is 10.9. The van der Waals surface area contributed by atoms with Gasteiger partial charge in [-0.25, -0.2) is 8.42 Å². The van der Waals surface area contributed by atoms with Crippen molar-refractivity contribution in [3.63, 3.8) is 0 Å². The molecule has 1 N–H and O–H groups in total. The summed E-state index contributed by atoms with van der Waals surface area (Å²) < 4.78 is 22.7. The van der Waals surface area contributed by atoms with Gasteiger partial charge in [-0.15, -0.1) is 11.3 Å². The first kappa shape index (κ1) is 14.0. The van der Waals surface area contributed by atoms with Gasteiger partial charge in [0.15, 0.2) is 9.84 Å². The lowest BCUT2D eigenvalue weighted by Crippen LogP contribution is -2.39. The van der Waals surface area contributed by atoms with Crippen molar-refractivity contribution < 1.29 is 8.42 Å². The number of hydrogen-bond donors (Lipinski definition) is 1. The number of aryl methyl sites for hydroxylation is 1. The van der Waals surface area contributed by atoms with Gasteiger partial charge in [0.1, 0.15) is 0 Å². The summed E-state index contributed by atoms with van der Waals surface area (Å²) in [6.45, 7) is 5.25. The maximum atomic E-state index is 11.4. The predicted octanol–water partition coefficient (Wildman–Crippen LogP) is 1.01. The zero-order valence-corrected chi connectivity index (χ0v) is 12.5. The number of hydrogen-bond acceptors (Lipinski definition) is 5. The standard InChI is InChI=1S/C12H20N2O2S2/c1-10-11(7-12(17-10)8-13-2)9-14-3-5-18(15,16)6-4-14/h7,13H,3-6,8-9H2,1-2H3. The highest BCUT2D eigenvalue weighted by atomic mass is 32.2. The third-order valence-electron chi connectivity index (χ3n) is 3.25. The predicted molar refractivity (Wildman–Crippen MR) is 75.8 cm³/mol. The van der Waals surface area contributed by atoms with E-state index < -0.39 is 9.84 Å². The van der Waals surface area contributed by atoms with Gasteiger partial charge in [-0.3, -0.25) is 4.90 Å². The van der Waals surface area contributed by atoms with Crippen LogP contribution in [0, 0.1) is 6.92 Å². The molecule has 0 radical (unpaired) electrons. The average molecular weight is 288 g/mol. The molecule has 1 aliphatic rings. The lowest BCUT2D eigenvalue weighted by molar-refractivity contribution is 0.287. The van der Waals surface area contributed by atoms with Crippen molar-refractivity contribution in [2.24, 2.45) is 0 Å². The van der Waals surface area contributed by atoms with E-state index in [1.54, 1.807) is 0 Å². The third-order valence-corrected chi connectivity index (χ3v) is 5.96. The quantitative estimate of drug-likeness (QED) is 0.898. The van der Waals surface area contributed by atoms with E-state index >= 15 is 0 Å². The second-order valence-electron chi connectivity index (χ2n) is 4.75. The van der Waals surface area contributed by atoms with E-state index in [0.29, 0.717) is 24.6 Å². The van der Waals surface area contributed by atoms with Crippen LogP contribution in [0.25, 0.3) is 0 Å². The molecular formula is C12H20N2O2S2. The van der Waals surface area contributed by atoms with Gasteiger partial charge in [-0.1, -0.05) is 0 Å². The third kappa shape index (κ3) is 3.54. The fourth-order valence-electron chi connectivity index (χ4n) is 2.16. The normalized spacial score (nSPS) is 20.1. The Balaban J connectivity index is 1.97. The maximum absolute atomic E-state index is 11.4. The Hall–Kier alpha value is -0.430. The summed E-state index contributed by atoms with van der Waals surface area (Å²) in [4.78, 5) is 4.92. The monoisotopic (exact) mass is 288 g/mol. The molecule has 1 aliphatic heterocycles. The van der Waals surface area contributed by atoms with Gasteiger partial charge in [0, 0.05) is 35.9 Å². The Morgan fingerprint density at radius 1 is 1.39 bits per heavy atom. The van der Waals surface area contributed by atoms with Crippen LogP contribution < -0.4 is 5.32 Å². The molecule has 0 spiro atoms. The lowest BCUT2D eigenvalue weighted by Gasteiger charge is -2.26. The highest BCUT2D eigenvalue weighted by Gasteiger charge is 2.22. The molecule has 0 amide bonds. The lowest BCUT2D eigenvalue weighted by atomic mass is 10.2. The zero-order chi connectivity index (χ0) is 13.2. The van der Waals surface area contributed by atoms with E-state index in [-0.39, 0.29) is 0 Å². The van der Waals surface area contributed by atoms with E-state index in [1.165, 1.54) is 15.3 Å². The molecule has 2 rings (SSSR count). The van der Waals surface area contributed by atoms with Gasteiger partial charge >= 0.3 is 0 Å². The van der Waals surface area contributed by atoms with Crippen LogP contribution >= 0.6 is 11.3 Å². The van der Waals surface area contributed by atoms with Crippen LogP contribution in [0.1, 0.15) is 15.3 Å². The molecule has 1 fully saturated rings. The van der Waals surface area contributed by atoms with Crippen LogP contribution in [0.4, 0.5) is 0 Å². The second-order valence-corrected chi connectivity index (χ2v) is 8.40. The van der Waals surface area contributed by atoms with Crippen LogP contribution in [-0.4, -0.2) is 45.0 Å². The first-order valence-corrected chi connectivity index (χ1v) is 8.79. The summed E-state index contributed by atoms with van der Waals surface area (Å²) in [7, 11) is -0.822. The van der Waals surface area contributed by atoms with E-state index in [2.05, 4.69) is 23.2 Å². The number of sulfone groups is 1. The molecule has 0 bridgehead atoms. The number of rotatable bonds is 4. The van der Waals surface area contributed by atoms with Crippen molar-refractivity contribution in [1.29, 1.82) is 0 Å². The minimum atomic E-state index is -2.77. The Morgan fingerprint density at radius 2 is 2.06 bits per heavy atom. The van der Waals surface area contributed by atoms with Crippen molar-refractivity contribution in [2.45, 2.75) is 20.0 Å². The summed E-state index contributed by atoms with van der Waals surface area (Å²) in [6, 6.07) is 2.24. The summed E-state index contributed by atoms with van der Waals surface area (Å²) in [5.74, 6) is 0.610. The van der Waals surface area contributed by atoms with Crippen molar-refractivity contribution in [3.05, 3.63) is 21.4 Å². The van der Waals surface area contributed by atoms with Gasteiger partial charge in [0.25, 0.3) is 0 Å². The Morgan fingerprint density at radius 3 is 2.67 bits per heavy atom. The van der Waals surface area contributed by atoms with Crippen LogP contribution in [-0.2, 0) is 22.9 Å². The minimum Gasteiger partial charge on any atom is -0.315 e. The summed E-state index contributed by atoms with van der Waals surface area (Å²) >= 11 is 1.82. The highest BCUT2D eigenvalue weighted by Crippen LogP contribution is 2.23. The van der Waals surface area contributed by atoms with Crippen LogP contribution in [0.15, 0.2) is 6.07 Å². The Kier molecular flexibility index (Phi) is 4.42. The van der Waals surface area contributed by atoms with Gasteiger partial charge < -0.3 is 5.32 Å². The SMILES string of the molecule is CNCc1cc(CN2CCS(=O)(=O)CC2)c(C)s1. The molecule has 2 heterocycles. The van der Waals surface area contributed by atoms with Gasteiger partial charge in [0.05, 0.1) is 11.5 Å². The fraction of sp³-hybridized carbons (Fsp3) is 0.667. The molecular weight excluding hydrogens is 268 g/mol. The van der Waals surface area contributed by atoms with E-state index in [4.69, 9.17) is 0 Å². The van der Waals surface area contributed by atoms with Crippen LogP contribution in [0.2, 0.25) is 0 Å². The average Bonchev–Trinajstić information content (AvgIpc) is 2.63. The number of nitrogens with zero attached hydrogens (tertiary/aromatic N) is 1. The van der Waals surface area contributed by atoms with Gasteiger partial charge in [0.2, 0.25) is 0 Å². The molecule has 1 aromatic rings. The van der Waals surface area contributed by atoms with Crippen molar-refractivity contribution in [2.75, 3.05) is 31.6 Å². The molecule has 6 heteroatoms. The molecule has 0 aliphatic carbocycles. The van der Waals surface area contributed by atoms with Crippen molar-refractivity contribution >= 4 is 21.2 Å². The molecule has 18 heavy (non-hydrogen) atoms. The molecule has 4 nitrogen and oxygen atoms in total. The van der Waals surface area contributed by atoms with Crippen molar-refractivity contribution in [1.82, 2.24) is 10.2 Å². The molecule has 0 saturated carbocycles. The Labute approximate surface area is 113 Å². The van der Waals surface area contributed by atoms with E-state index in [9.17, 15) is 8.42 Å². The number of thiophene rings is 1. The van der Waals surface area contributed by atoms with Crippen molar-refractivity contribution in [3.8, 4) is 0 Å². The molecule has 0 unspecified atom stereocenters. The smallest absolute Gasteiger partial charge is 0.152 e. The van der Waals surface area contributed by atoms with Crippen LogP contribution in [0.3, 0.4) is 0 Å². The van der Waals surface area contributed by atoms with Gasteiger partial charge in [-0.05, 0) is 25.6 Å². The molecule has 0 aromatic carbocycles.